The fraction of sp³-hybridized carbons (Fsp3) is 0.364. The number of benzene rings is 2. The van der Waals surface area contributed by atoms with Crippen molar-refractivity contribution >= 4 is 56.5 Å². The average Bonchev–Trinajstić information content (AvgIpc) is 3.14. The van der Waals surface area contributed by atoms with Crippen molar-refractivity contribution in [3.05, 3.63) is 52.5 Å². The Bertz CT molecular complexity index is 968. The van der Waals surface area contributed by atoms with E-state index in [-0.39, 0.29) is 5.92 Å². The summed E-state index contributed by atoms with van der Waals surface area (Å²) in [4.78, 5) is 16.2. The zero-order valence-electron chi connectivity index (χ0n) is 16.9. The van der Waals surface area contributed by atoms with Crippen molar-refractivity contribution in [2.75, 3.05) is 25.5 Å². The van der Waals surface area contributed by atoms with Gasteiger partial charge < -0.3 is 10.1 Å². The maximum atomic E-state index is 10.6. The molecule has 2 heterocycles. The van der Waals surface area contributed by atoms with Gasteiger partial charge in [0.05, 0.1) is 15.2 Å². The van der Waals surface area contributed by atoms with E-state index in [9.17, 15) is 4.79 Å². The number of hydrogen-bond donors (Lipinski definition) is 1. The monoisotopic (exact) mass is 447 g/mol. The van der Waals surface area contributed by atoms with Crippen LogP contribution in [0.5, 0.6) is 0 Å². The molecule has 2 aromatic carbocycles. The maximum absolute atomic E-state index is 10.6. The zero-order valence-corrected chi connectivity index (χ0v) is 19.3. The number of nitrogens with one attached hydrogen (secondary N) is 1. The van der Waals surface area contributed by atoms with Crippen LogP contribution in [0.1, 0.15) is 24.0 Å². The van der Waals surface area contributed by atoms with Crippen molar-refractivity contribution < 1.29 is 4.79 Å². The minimum absolute atomic E-state index is 0.253. The molecular formula is C22H26ClN3OS2. The molecule has 1 aliphatic rings. The quantitative estimate of drug-likeness (QED) is 0.380. The molecular weight excluding hydrogens is 422 g/mol. The molecule has 3 aromatic rings. The molecule has 4 nitrogen and oxygen atoms in total. The van der Waals surface area contributed by atoms with E-state index in [0.29, 0.717) is 0 Å². The number of halogens is 1. The Kier molecular flexibility index (Phi) is 7.95. The van der Waals surface area contributed by atoms with Crippen molar-refractivity contribution in [2.45, 2.75) is 31.6 Å². The van der Waals surface area contributed by atoms with Crippen LogP contribution in [0.3, 0.4) is 0 Å². The minimum Gasteiger partial charge on any atom is -0.365 e. The summed E-state index contributed by atoms with van der Waals surface area (Å²) in [5, 5.41) is 4.86. The molecule has 1 aromatic heterocycles. The molecule has 1 N–H and O–H groups in total. The number of rotatable bonds is 4. The van der Waals surface area contributed by atoms with Gasteiger partial charge in [0.2, 0.25) is 0 Å². The number of carbonyl (C=O) groups is 1. The zero-order chi connectivity index (χ0) is 20.8. The SMILES string of the molecule is CNc1nc2c(C)cc(C)cc2s1.O=CC1CCN(Sc2ccccc2Cl)CC1. The van der Waals surface area contributed by atoms with Gasteiger partial charge in [-0.15, -0.1) is 0 Å². The predicted molar refractivity (Wildman–Crippen MR) is 126 cm³/mol. The van der Waals surface area contributed by atoms with Gasteiger partial charge in [0, 0.05) is 31.0 Å². The van der Waals surface area contributed by atoms with Crippen LogP contribution in [0.15, 0.2) is 41.3 Å². The first-order valence-corrected chi connectivity index (χ1v) is 11.6. The Morgan fingerprint density at radius 2 is 1.97 bits per heavy atom. The van der Waals surface area contributed by atoms with E-state index in [1.807, 2.05) is 31.3 Å². The standard InChI is InChI=1S/C12H14ClNOS.C10H12N2S/c13-11-3-1-2-4-12(11)16-14-7-5-10(9-15)6-8-14;1-6-4-7(2)9-8(5-6)13-10(11-3)12-9/h1-4,9-10H,5-8H2;4-5H,1-3H3,(H,11,12). The largest absolute Gasteiger partial charge is 0.365 e. The second-order valence-electron chi connectivity index (χ2n) is 7.12. The van der Waals surface area contributed by atoms with E-state index in [1.165, 1.54) is 15.8 Å². The Morgan fingerprint density at radius 3 is 2.62 bits per heavy atom. The third-order valence-electron chi connectivity index (χ3n) is 4.80. The Labute approximate surface area is 185 Å². The van der Waals surface area contributed by atoms with Gasteiger partial charge in [-0.1, -0.05) is 41.1 Å². The fourth-order valence-corrected chi connectivity index (χ4v) is 5.44. The van der Waals surface area contributed by atoms with E-state index >= 15 is 0 Å². The smallest absolute Gasteiger partial charge is 0.183 e. The van der Waals surface area contributed by atoms with Crippen molar-refractivity contribution in [1.82, 2.24) is 9.29 Å². The third-order valence-corrected chi connectivity index (χ3v) is 7.44. The van der Waals surface area contributed by atoms with Crippen molar-refractivity contribution in [3.63, 3.8) is 0 Å². The maximum Gasteiger partial charge on any atom is 0.183 e. The van der Waals surface area contributed by atoms with Crippen molar-refractivity contribution in [1.29, 1.82) is 0 Å². The first-order valence-electron chi connectivity index (χ1n) is 9.68. The molecule has 0 saturated carbocycles. The summed E-state index contributed by atoms with van der Waals surface area (Å²) in [7, 11) is 1.90. The van der Waals surface area contributed by atoms with E-state index in [4.69, 9.17) is 11.6 Å². The average molecular weight is 448 g/mol. The van der Waals surface area contributed by atoms with Crippen LogP contribution in [-0.2, 0) is 4.79 Å². The number of hydrogen-bond acceptors (Lipinski definition) is 6. The second-order valence-corrected chi connectivity index (χ2v) is 9.70. The number of carbonyl (C=O) groups excluding carboxylic acids is 1. The van der Waals surface area contributed by atoms with Gasteiger partial charge >= 0.3 is 0 Å². The van der Waals surface area contributed by atoms with Gasteiger partial charge in [-0.2, -0.15) is 0 Å². The summed E-state index contributed by atoms with van der Waals surface area (Å²) in [6.07, 6.45) is 3.00. The molecule has 7 heteroatoms. The molecule has 4 rings (SSSR count). The lowest BCUT2D eigenvalue weighted by molar-refractivity contribution is -0.112. The summed E-state index contributed by atoms with van der Waals surface area (Å²) >= 11 is 9.49. The number of thiazole rings is 1. The first kappa shape index (κ1) is 22.1. The van der Waals surface area contributed by atoms with Gasteiger partial charge in [0.25, 0.3) is 0 Å². The van der Waals surface area contributed by atoms with Crippen LogP contribution in [0, 0.1) is 19.8 Å². The van der Waals surface area contributed by atoms with Gasteiger partial charge in [-0.05, 0) is 68.0 Å². The fourth-order valence-electron chi connectivity index (χ4n) is 3.24. The Morgan fingerprint density at radius 1 is 1.24 bits per heavy atom. The highest BCUT2D eigenvalue weighted by Gasteiger charge is 2.19. The summed E-state index contributed by atoms with van der Waals surface area (Å²) in [5.74, 6) is 0.253. The lowest BCUT2D eigenvalue weighted by Crippen LogP contribution is -2.28. The Hall–Kier alpha value is -1.60. The van der Waals surface area contributed by atoms with Crippen LogP contribution in [0.25, 0.3) is 10.2 Å². The third kappa shape index (κ3) is 5.95. The lowest BCUT2D eigenvalue weighted by Gasteiger charge is -2.28. The molecule has 0 radical (unpaired) electrons. The molecule has 1 aliphatic heterocycles. The number of aromatic nitrogens is 1. The molecule has 0 spiro atoms. The summed E-state index contributed by atoms with van der Waals surface area (Å²) in [6.45, 7) is 6.14. The van der Waals surface area contributed by atoms with Gasteiger partial charge in [0.15, 0.2) is 5.13 Å². The van der Waals surface area contributed by atoms with E-state index in [0.717, 1.165) is 52.8 Å². The number of anilines is 1. The minimum atomic E-state index is 0.253. The van der Waals surface area contributed by atoms with Crippen LogP contribution < -0.4 is 5.32 Å². The van der Waals surface area contributed by atoms with Gasteiger partial charge in [-0.25, -0.2) is 9.29 Å². The predicted octanol–water partition coefficient (Wildman–Crippen LogP) is 6.21. The summed E-state index contributed by atoms with van der Waals surface area (Å²) in [6, 6.07) is 12.2. The summed E-state index contributed by atoms with van der Waals surface area (Å²) in [5.41, 5.74) is 3.68. The highest BCUT2D eigenvalue weighted by Crippen LogP contribution is 2.32. The molecule has 29 heavy (non-hydrogen) atoms. The molecule has 1 fully saturated rings. The van der Waals surface area contributed by atoms with Crippen LogP contribution in [0.2, 0.25) is 5.02 Å². The molecule has 154 valence electrons. The molecule has 0 unspecified atom stereocenters. The first-order chi connectivity index (χ1) is 14.0. The molecule has 0 atom stereocenters. The number of aryl methyl sites for hydroxylation is 2. The van der Waals surface area contributed by atoms with Crippen LogP contribution in [0.4, 0.5) is 5.13 Å². The molecule has 1 saturated heterocycles. The highest BCUT2D eigenvalue weighted by molar-refractivity contribution is 7.97. The molecule has 0 aliphatic carbocycles. The number of nitrogens with zero attached hydrogens (tertiary/aromatic N) is 2. The number of aldehydes is 1. The number of piperidine rings is 1. The van der Waals surface area contributed by atoms with Crippen LogP contribution >= 0.6 is 34.9 Å². The molecule has 0 amide bonds. The van der Waals surface area contributed by atoms with E-state index < -0.39 is 0 Å². The normalized spacial score (nSPS) is 15.0. The number of fused-ring (bicyclic) bond motifs is 1. The van der Waals surface area contributed by atoms with Crippen molar-refractivity contribution in [2.24, 2.45) is 5.92 Å². The summed E-state index contributed by atoms with van der Waals surface area (Å²) < 4.78 is 3.54. The second kappa shape index (κ2) is 10.4. The highest BCUT2D eigenvalue weighted by atomic mass is 35.5. The Balaban J connectivity index is 0.000000169. The van der Waals surface area contributed by atoms with Crippen molar-refractivity contribution in [3.8, 4) is 0 Å². The van der Waals surface area contributed by atoms with Crippen LogP contribution in [-0.4, -0.2) is 35.7 Å². The van der Waals surface area contributed by atoms with Gasteiger partial charge in [0.1, 0.15) is 6.29 Å². The van der Waals surface area contributed by atoms with Gasteiger partial charge in [-0.3, -0.25) is 0 Å². The molecule has 0 bridgehead atoms. The van der Waals surface area contributed by atoms with E-state index in [2.05, 4.69) is 40.6 Å². The van der Waals surface area contributed by atoms with E-state index in [1.54, 1.807) is 23.3 Å². The lowest BCUT2D eigenvalue weighted by atomic mass is 10.0. The topological polar surface area (TPSA) is 45.2 Å².